The summed E-state index contributed by atoms with van der Waals surface area (Å²) in [5, 5.41) is 8.87. The Morgan fingerprint density at radius 1 is 1.14 bits per heavy atom. The van der Waals surface area contributed by atoms with Gasteiger partial charge in [0.15, 0.2) is 0 Å². The third-order valence-corrected chi connectivity index (χ3v) is 5.06. The predicted molar refractivity (Wildman–Crippen MR) is 83.7 cm³/mol. The maximum atomic E-state index is 12.9. The molecule has 118 valence electrons. The molecule has 1 fully saturated rings. The lowest BCUT2D eigenvalue weighted by molar-refractivity contribution is -0.139. The molecule has 0 radical (unpaired) electrons. The molecule has 1 heterocycles. The Labute approximate surface area is 131 Å². The van der Waals surface area contributed by atoms with Gasteiger partial charge in [0.2, 0.25) is 5.91 Å². The Kier molecular flexibility index (Phi) is 4.46. The van der Waals surface area contributed by atoms with Crippen LogP contribution in [-0.4, -0.2) is 35.0 Å². The molecule has 22 heavy (non-hydrogen) atoms. The number of carboxylic acids is 1. The Bertz CT molecular complexity index is 561. The second-order valence-corrected chi connectivity index (χ2v) is 6.51. The number of rotatable bonds is 3. The van der Waals surface area contributed by atoms with Crippen LogP contribution in [0.5, 0.6) is 0 Å². The van der Waals surface area contributed by atoms with Crippen LogP contribution in [0.15, 0.2) is 24.3 Å². The average Bonchev–Trinajstić information content (AvgIpc) is 2.54. The highest BCUT2D eigenvalue weighted by Crippen LogP contribution is 2.34. The number of aliphatic carboxylic acids is 1. The molecule has 0 spiro atoms. The van der Waals surface area contributed by atoms with Crippen molar-refractivity contribution < 1.29 is 14.7 Å². The van der Waals surface area contributed by atoms with E-state index in [0.717, 1.165) is 32.1 Å². The molecule has 1 aromatic rings. The summed E-state index contributed by atoms with van der Waals surface area (Å²) in [6.07, 6.45) is 4.93. The van der Waals surface area contributed by atoms with E-state index in [9.17, 15) is 9.59 Å². The summed E-state index contributed by atoms with van der Waals surface area (Å²) in [5.41, 5.74) is 2.51. The summed E-state index contributed by atoms with van der Waals surface area (Å²) in [5.74, 6) is -0.270. The maximum absolute atomic E-state index is 12.9. The molecule has 2 aliphatic rings. The van der Waals surface area contributed by atoms with Crippen molar-refractivity contribution in [2.45, 2.75) is 44.4 Å². The second kappa shape index (κ2) is 6.51. The van der Waals surface area contributed by atoms with E-state index in [2.05, 4.69) is 12.1 Å². The number of carbonyl (C=O) groups is 2. The van der Waals surface area contributed by atoms with Crippen molar-refractivity contribution in [3.8, 4) is 0 Å². The molecule has 4 heteroatoms. The van der Waals surface area contributed by atoms with Crippen molar-refractivity contribution in [2.75, 3.05) is 13.1 Å². The fourth-order valence-electron chi connectivity index (χ4n) is 3.84. The Hall–Kier alpha value is -1.84. The van der Waals surface area contributed by atoms with Crippen molar-refractivity contribution in [2.24, 2.45) is 5.92 Å². The zero-order valence-corrected chi connectivity index (χ0v) is 12.8. The van der Waals surface area contributed by atoms with Crippen molar-refractivity contribution in [3.05, 3.63) is 35.4 Å². The molecule has 1 saturated heterocycles. The van der Waals surface area contributed by atoms with Crippen molar-refractivity contribution in [1.82, 2.24) is 4.90 Å². The van der Waals surface area contributed by atoms with E-state index in [0.29, 0.717) is 13.1 Å². The minimum absolute atomic E-state index is 0.000902. The largest absolute Gasteiger partial charge is 0.481 e. The number of carboxylic acid groups (broad SMARTS) is 1. The summed E-state index contributed by atoms with van der Waals surface area (Å²) in [6.45, 7) is 1.41. The van der Waals surface area contributed by atoms with E-state index >= 15 is 0 Å². The first kappa shape index (κ1) is 15.1. The van der Waals surface area contributed by atoms with E-state index in [1.807, 2.05) is 17.0 Å². The number of aryl methyl sites for hydroxylation is 1. The third-order valence-electron chi connectivity index (χ3n) is 5.06. The van der Waals surface area contributed by atoms with Gasteiger partial charge in [-0.05, 0) is 49.1 Å². The number of likely N-dealkylation sites (tertiary alicyclic amines) is 1. The summed E-state index contributed by atoms with van der Waals surface area (Å²) in [6, 6.07) is 8.29. The third kappa shape index (κ3) is 3.16. The molecule has 1 unspecified atom stereocenters. The molecule has 1 aromatic carbocycles. The predicted octanol–water partition coefficient (Wildman–Crippen LogP) is 2.82. The topological polar surface area (TPSA) is 57.6 Å². The zero-order valence-electron chi connectivity index (χ0n) is 12.8. The molecule has 3 rings (SSSR count). The lowest BCUT2D eigenvalue weighted by Gasteiger charge is -2.35. The minimum Gasteiger partial charge on any atom is -0.481 e. The Morgan fingerprint density at radius 2 is 1.86 bits per heavy atom. The molecule has 4 nitrogen and oxygen atoms in total. The van der Waals surface area contributed by atoms with Gasteiger partial charge in [-0.1, -0.05) is 24.3 Å². The van der Waals surface area contributed by atoms with Gasteiger partial charge in [0.25, 0.3) is 0 Å². The van der Waals surface area contributed by atoms with Crippen molar-refractivity contribution in [1.29, 1.82) is 0 Å². The standard InChI is InChI=1S/C18H23NO3/c20-17(21)12-13-8-10-19(11-9-13)18(22)16-7-3-5-14-4-1-2-6-15(14)16/h1-2,4,6,13,16H,3,5,7-12H2,(H,20,21). The van der Waals surface area contributed by atoms with Crippen LogP contribution in [0.3, 0.4) is 0 Å². The van der Waals surface area contributed by atoms with Crippen LogP contribution in [0.4, 0.5) is 0 Å². The fourth-order valence-corrected chi connectivity index (χ4v) is 3.84. The molecule has 0 aromatic heterocycles. The number of nitrogens with zero attached hydrogens (tertiary/aromatic N) is 1. The quantitative estimate of drug-likeness (QED) is 0.934. The van der Waals surface area contributed by atoms with E-state index in [1.165, 1.54) is 11.1 Å². The van der Waals surface area contributed by atoms with Crippen molar-refractivity contribution in [3.63, 3.8) is 0 Å². The lowest BCUT2D eigenvalue weighted by atomic mass is 9.81. The van der Waals surface area contributed by atoms with E-state index in [4.69, 9.17) is 5.11 Å². The molecular formula is C18H23NO3. The van der Waals surface area contributed by atoms with Crippen LogP contribution in [0.2, 0.25) is 0 Å². The van der Waals surface area contributed by atoms with Gasteiger partial charge in [-0.3, -0.25) is 9.59 Å². The first-order valence-corrected chi connectivity index (χ1v) is 8.23. The summed E-state index contributed by atoms with van der Waals surface area (Å²) < 4.78 is 0. The SMILES string of the molecule is O=C(O)CC1CCN(C(=O)C2CCCc3ccccc32)CC1. The summed E-state index contributed by atoms with van der Waals surface area (Å²) in [4.78, 5) is 25.6. The highest BCUT2D eigenvalue weighted by molar-refractivity contribution is 5.84. The number of benzene rings is 1. The van der Waals surface area contributed by atoms with Gasteiger partial charge in [0.05, 0.1) is 5.92 Å². The zero-order chi connectivity index (χ0) is 15.5. The number of fused-ring (bicyclic) bond motifs is 1. The van der Waals surface area contributed by atoms with E-state index < -0.39 is 5.97 Å². The smallest absolute Gasteiger partial charge is 0.303 e. The molecule has 1 amide bonds. The molecule has 1 N–H and O–H groups in total. The van der Waals surface area contributed by atoms with Crippen LogP contribution in [0.25, 0.3) is 0 Å². The number of hydrogen-bond acceptors (Lipinski definition) is 2. The molecule has 1 aliphatic carbocycles. The second-order valence-electron chi connectivity index (χ2n) is 6.51. The Balaban J connectivity index is 1.65. The van der Waals surface area contributed by atoms with Gasteiger partial charge >= 0.3 is 5.97 Å². The average molecular weight is 301 g/mol. The highest BCUT2D eigenvalue weighted by atomic mass is 16.4. The highest BCUT2D eigenvalue weighted by Gasteiger charge is 2.32. The van der Waals surface area contributed by atoms with Gasteiger partial charge in [-0.15, -0.1) is 0 Å². The normalized spacial score (nSPS) is 22.2. The monoisotopic (exact) mass is 301 g/mol. The fraction of sp³-hybridized carbons (Fsp3) is 0.556. The van der Waals surface area contributed by atoms with Crippen LogP contribution >= 0.6 is 0 Å². The number of piperidine rings is 1. The first-order valence-electron chi connectivity index (χ1n) is 8.23. The molecule has 0 saturated carbocycles. The molecule has 0 bridgehead atoms. The van der Waals surface area contributed by atoms with Crippen LogP contribution in [0, 0.1) is 5.92 Å². The van der Waals surface area contributed by atoms with Crippen LogP contribution in [0.1, 0.15) is 49.1 Å². The molecular weight excluding hydrogens is 278 g/mol. The van der Waals surface area contributed by atoms with E-state index in [-0.39, 0.29) is 24.2 Å². The summed E-state index contributed by atoms with van der Waals surface area (Å²) >= 11 is 0. The molecule has 1 aliphatic heterocycles. The number of hydrogen-bond donors (Lipinski definition) is 1. The lowest BCUT2D eigenvalue weighted by Crippen LogP contribution is -2.42. The van der Waals surface area contributed by atoms with Crippen LogP contribution in [-0.2, 0) is 16.0 Å². The summed E-state index contributed by atoms with van der Waals surface area (Å²) in [7, 11) is 0. The number of carbonyl (C=O) groups excluding carboxylic acids is 1. The van der Waals surface area contributed by atoms with E-state index in [1.54, 1.807) is 0 Å². The first-order chi connectivity index (χ1) is 10.6. The van der Waals surface area contributed by atoms with Crippen LogP contribution < -0.4 is 0 Å². The van der Waals surface area contributed by atoms with Crippen molar-refractivity contribution >= 4 is 11.9 Å². The maximum Gasteiger partial charge on any atom is 0.303 e. The molecule has 1 atom stereocenters. The van der Waals surface area contributed by atoms with Gasteiger partial charge in [0.1, 0.15) is 0 Å². The number of amides is 1. The minimum atomic E-state index is -0.731. The van der Waals surface area contributed by atoms with Gasteiger partial charge in [-0.25, -0.2) is 0 Å². The van der Waals surface area contributed by atoms with Gasteiger partial charge in [0, 0.05) is 19.5 Å². The van der Waals surface area contributed by atoms with Gasteiger partial charge < -0.3 is 10.0 Å². The van der Waals surface area contributed by atoms with Gasteiger partial charge in [-0.2, -0.15) is 0 Å². The Morgan fingerprint density at radius 3 is 2.59 bits per heavy atom.